The largest absolute Gasteiger partial charge is 0.372 e. The molecule has 7 aliphatic carbocycles. The van der Waals surface area contributed by atoms with Gasteiger partial charge in [0.1, 0.15) is 0 Å². The Hall–Kier alpha value is -0.400. The Morgan fingerprint density at radius 2 is 0.417 bits per heavy atom. The number of nitrogens with zero attached hydrogens (tertiary/aromatic N) is 7. The molecule has 7 unspecified atom stereocenters. The molecule has 0 radical (unpaired) electrons. The van der Waals surface area contributed by atoms with Crippen molar-refractivity contribution < 1.29 is 14.2 Å². The summed E-state index contributed by atoms with van der Waals surface area (Å²) in [6.45, 7) is 108. The van der Waals surface area contributed by atoms with Crippen LogP contribution in [0.1, 0.15) is 464 Å². The van der Waals surface area contributed by atoms with Crippen molar-refractivity contribution in [2.45, 2.75) is 573 Å². The van der Waals surface area contributed by atoms with E-state index in [2.05, 4.69) is 325 Å². The molecule has 7 saturated carbocycles. The Balaban J connectivity index is 0.000000168. The quantitative estimate of drug-likeness (QED) is 0.234. The number of likely N-dealkylation sites (tertiary alicyclic amines) is 4. The second kappa shape index (κ2) is 34.1. The van der Waals surface area contributed by atoms with Gasteiger partial charge in [-0.05, 0) is 348 Å². The molecule has 0 N–H and O–H groups in total. The molecule has 0 aromatic rings. The second-order valence-corrected chi connectivity index (χ2v) is 56.6. The highest BCUT2D eigenvalue weighted by Crippen LogP contribution is 2.60. The molecule has 7 aliphatic heterocycles. The van der Waals surface area contributed by atoms with Crippen molar-refractivity contribution in [3.63, 3.8) is 0 Å². The summed E-state index contributed by atoms with van der Waals surface area (Å²) < 4.78 is 18.5. The highest BCUT2D eigenvalue weighted by Gasteiger charge is 2.61. The van der Waals surface area contributed by atoms with Gasteiger partial charge in [0, 0.05) is 125 Å². The molecule has 7 atom stereocenters. The summed E-state index contributed by atoms with van der Waals surface area (Å²) in [5.74, 6) is 0. The van der Waals surface area contributed by atoms with Crippen molar-refractivity contribution in [3.8, 4) is 0 Å². The van der Waals surface area contributed by atoms with Crippen LogP contribution in [0.4, 0.5) is 0 Å². The maximum Gasteiger partial charge on any atom is 0.0812 e. The van der Waals surface area contributed by atoms with E-state index in [0.717, 1.165) is 69.0 Å². The fourth-order valence-corrected chi connectivity index (χ4v) is 23.7. The van der Waals surface area contributed by atoms with Crippen LogP contribution in [-0.4, -0.2) is 196 Å². The molecule has 676 valence electrons. The van der Waals surface area contributed by atoms with E-state index in [0.29, 0.717) is 94.7 Å². The van der Waals surface area contributed by atoms with Crippen LogP contribution in [0.25, 0.3) is 0 Å². The van der Waals surface area contributed by atoms with Crippen molar-refractivity contribution in [1.29, 1.82) is 0 Å². The third-order valence-corrected chi connectivity index (χ3v) is 31.8. The van der Waals surface area contributed by atoms with Gasteiger partial charge in [0.25, 0.3) is 0 Å². The standard InChI is InChI=1S/C16H31N.2C15H29NO.3C15H29N.C14H27NO/c1-14(2,3)13-8-11-16(9-7-10-16)12-17(13)15(4,5)6;2*1-13(2,3)12-10-17-15(8-7-9-15)11-16(12)14(4,5)6;1-13(2,3)12-7-8-15(9-10-15)11-16(12)14(4,5)6;2*1-13(2,3)12-8-7-9-15(10-11-15)16(12)14(4,5)6;1-12(2,3)11-9-16-14(7-8-14)10-15(11)13(4,5)6/h13H,7-12H2,1-6H3;2*12H,7-11H2,1-6H3;3*12H,7-11H2,1-6H3;11H,7-10H2,1-6H3. The molecular weight excluding hydrogens is 1410 g/mol. The van der Waals surface area contributed by atoms with Crippen molar-refractivity contribution in [2.24, 2.45) is 48.7 Å². The number of hydrogen-bond acceptors (Lipinski definition) is 10. The molecule has 0 aromatic heterocycles. The highest BCUT2D eigenvalue weighted by atomic mass is 16.5. The Labute approximate surface area is 718 Å². The number of rotatable bonds is 0. The van der Waals surface area contributed by atoms with Gasteiger partial charge in [-0.25, -0.2) is 0 Å². The molecule has 14 aliphatic rings. The average Bonchev–Trinajstić information content (AvgIpc) is 1.69. The van der Waals surface area contributed by atoms with Crippen LogP contribution >= 0.6 is 0 Å². The first-order valence-corrected chi connectivity index (χ1v) is 48.9. The van der Waals surface area contributed by atoms with Crippen LogP contribution < -0.4 is 0 Å². The molecular formula is C105H203N7O3. The summed E-state index contributed by atoms with van der Waals surface area (Å²) in [6, 6.07) is 4.67. The summed E-state index contributed by atoms with van der Waals surface area (Å²) in [6.07, 6.45) is 37.7. The monoisotopic (exact) mass is 1610 g/mol. The first-order chi connectivity index (χ1) is 51.5. The average molecular weight is 1610 g/mol. The first-order valence-electron chi connectivity index (χ1n) is 48.9. The fraction of sp³-hybridized carbons (Fsp3) is 1.00. The topological polar surface area (TPSA) is 50.4 Å². The zero-order chi connectivity index (χ0) is 87.5. The molecule has 10 nitrogen and oxygen atoms in total. The molecule has 0 amide bonds. The van der Waals surface area contributed by atoms with Gasteiger partial charge in [-0.15, -0.1) is 0 Å². The Kier molecular flexibility index (Phi) is 29.6. The molecule has 0 aromatic carbocycles. The second-order valence-electron chi connectivity index (χ2n) is 56.6. The van der Waals surface area contributed by atoms with E-state index in [4.69, 9.17) is 14.2 Å². The van der Waals surface area contributed by atoms with Gasteiger partial charge < -0.3 is 14.2 Å². The Morgan fingerprint density at radius 3 is 0.591 bits per heavy atom. The summed E-state index contributed by atoms with van der Waals surface area (Å²) in [7, 11) is 0. The number of hydrogen-bond donors (Lipinski definition) is 0. The number of morpholine rings is 3. The van der Waals surface area contributed by atoms with Crippen molar-refractivity contribution in [2.75, 3.05) is 52.5 Å². The van der Waals surface area contributed by atoms with Crippen LogP contribution in [-0.2, 0) is 14.2 Å². The molecule has 7 saturated heterocycles. The van der Waals surface area contributed by atoms with E-state index in [9.17, 15) is 0 Å². The Morgan fingerprint density at radius 1 is 0.191 bits per heavy atom. The van der Waals surface area contributed by atoms with Gasteiger partial charge in [0.15, 0.2) is 0 Å². The minimum Gasteiger partial charge on any atom is -0.372 e. The van der Waals surface area contributed by atoms with E-state index >= 15 is 0 Å². The van der Waals surface area contributed by atoms with Crippen molar-refractivity contribution in [1.82, 2.24) is 34.3 Å². The molecule has 0 bridgehead atoms. The summed E-state index contributed by atoms with van der Waals surface area (Å²) in [5.41, 5.74) is 7.84. The lowest BCUT2D eigenvalue weighted by atomic mass is 9.61. The number of ether oxygens (including phenoxy) is 3. The van der Waals surface area contributed by atoms with Crippen LogP contribution in [0.2, 0.25) is 0 Å². The minimum atomic E-state index is 0.203. The normalized spacial score (nSPS) is 30.6. The van der Waals surface area contributed by atoms with E-state index in [1.54, 1.807) is 0 Å². The predicted molar refractivity (Wildman–Crippen MR) is 499 cm³/mol. The number of piperidine rings is 4. The maximum atomic E-state index is 6.22. The zero-order valence-electron chi connectivity index (χ0n) is 85.6. The van der Waals surface area contributed by atoms with Crippen molar-refractivity contribution >= 4 is 0 Å². The van der Waals surface area contributed by atoms with Gasteiger partial charge >= 0.3 is 0 Å². The van der Waals surface area contributed by atoms with E-state index in [-0.39, 0.29) is 33.4 Å². The molecule has 10 heteroatoms. The lowest BCUT2D eigenvalue weighted by molar-refractivity contribution is -0.204. The molecule has 14 fully saturated rings. The zero-order valence-corrected chi connectivity index (χ0v) is 85.6. The highest BCUT2D eigenvalue weighted by molar-refractivity contribution is 5.16. The molecule has 115 heavy (non-hydrogen) atoms. The van der Waals surface area contributed by atoms with Crippen molar-refractivity contribution in [3.05, 3.63) is 0 Å². The van der Waals surface area contributed by atoms with Crippen LogP contribution in [0.5, 0.6) is 0 Å². The predicted octanol–water partition coefficient (Wildman–Crippen LogP) is 27.0. The van der Waals surface area contributed by atoms with E-state index in [1.165, 1.54) is 186 Å². The third-order valence-electron chi connectivity index (χ3n) is 31.8. The third kappa shape index (κ3) is 25.3. The van der Waals surface area contributed by atoms with E-state index < -0.39 is 0 Å². The van der Waals surface area contributed by atoms with E-state index in [1.807, 2.05) is 0 Å². The van der Waals surface area contributed by atoms with Gasteiger partial charge in [-0.1, -0.05) is 165 Å². The van der Waals surface area contributed by atoms with Gasteiger partial charge in [0.2, 0.25) is 0 Å². The smallest absolute Gasteiger partial charge is 0.0812 e. The first kappa shape index (κ1) is 100. The molecule has 7 heterocycles. The molecule has 14 rings (SSSR count). The van der Waals surface area contributed by atoms with Gasteiger partial charge in [0.05, 0.1) is 36.6 Å². The van der Waals surface area contributed by atoms with Gasteiger partial charge in [-0.3, -0.25) is 34.3 Å². The van der Waals surface area contributed by atoms with Crippen LogP contribution in [0.15, 0.2) is 0 Å². The maximum absolute atomic E-state index is 6.22. The lowest BCUT2D eigenvalue weighted by Crippen LogP contribution is -2.66. The van der Waals surface area contributed by atoms with Gasteiger partial charge in [-0.2, -0.15) is 0 Å². The summed E-state index contributed by atoms with van der Waals surface area (Å²) in [4.78, 5) is 19.4. The SMILES string of the molecule is CC(C)(C)C1CCC2(CC2)CN1C(C)(C)C.CC(C)(C)C1CCC2(CCC2)CN1C(C)(C)C.CC(C)(C)C1CCCC2(CC2)N1C(C)(C)C.CC(C)(C)C1CCCC2(CC2)N1C(C)(C)C.CC(C)(C)C1COC2(CC2)CN1C(C)(C)C.CC(C)(C)C1COC2(CCC2)CN1C(C)(C)C.CC(C)(C)C1COC2(CCC2)CN1C(C)(C)C. The Bertz CT molecular complexity index is 2770. The summed E-state index contributed by atoms with van der Waals surface area (Å²) in [5, 5.41) is 0. The van der Waals surface area contributed by atoms with Crippen LogP contribution in [0, 0.1) is 48.7 Å². The molecule has 7 spiro atoms. The van der Waals surface area contributed by atoms with Crippen LogP contribution in [0.3, 0.4) is 0 Å². The minimum absolute atomic E-state index is 0.203. The summed E-state index contributed by atoms with van der Waals surface area (Å²) >= 11 is 0. The lowest BCUT2D eigenvalue weighted by Gasteiger charge is -2.58. The fourth-order valence-electron chi connectivity index (χ4n) is 23.7.